The van der Waals surface area contributed by atoms with Crippen LogP contribution in [0.3, 0.4) is 0 Å². The van der Waals surface area contributed by atoms with Crippen molar-refractivity contribution < 1.29 is 14.3 Å². The first kappa shape index (κ1) is 20.2. The lowest BCUT2D eigenvalue weighted by atomic mass is 10.1. The molecule has 2 aliphatic heterocycles. The van der Waals surface area contributed by atoms with Gasteiger partial charge in [-0.15, -0.1) is 0 Å². The highest BCUT2D eigenvalue weighted by Gasteiger charge is 2.14. The molecule has 0 saturated carbocycles. The average molecular weight is 382 g/mol. The minimum absolute atomic E-state index is 0.149. The van der Waals surface area contributed by atoms with Crippen molar-refractivity contribution in [3.8, 4) is 11.5 Å². The Morgan fingerprint density at radius 2 is 1.68 bits per heavy atom. The number of unbranched alkanes of at least 4 members (excludes halogenated alkanes) is 5. The van der Waals surface area contributed by atoms with Crippen LogP contribution in [0, 0.1) is 0 Å². The van der Waals surface area contributed by atoms with Crippen molar-refractivity contribution in [1.29, 1.82) is 0 Å². The number of nitrogens with zero attached hydrogens (tertiary/aromatic N) is 1. The summed E-state index contributed by atoms with van der Waals surface area (Å²) < 4.78 is 10.7. The quantitative estimate of drug-likeness (QED) is 0.305. The van der Waals surface area contributed by atoms with Gasteiger partial charge in [-0.1, -0.05) is 49.3 Å². The maximum absolute atomic E-state index is 11.8. The van der Waals surface area contributed by atoms with Gasteiger partial charge in [0.1, 0.15) is 0 Å². The summed E-state index contributed by atoms with van der Waals surface area (Å²) >= 11 is 0. The lowest BCUT2D eigenvalue weighted by molar-refractivity contribution is -0.124. The zero-order chi connectivity index (χ0) is 19.4. The number of amides is 1. The summed E-state index contributed by atoms with van der Waals surface area (Å²) in [6, 6.07) is 6.05. The van der Waals surface area contributed by atoms with Gasteiger partial charge in [0.15, 0.2) is 11.5 Å². The fourth-order valence-corrected chi connectivity index (χ4v) is 3.47. The van der Waals surface area contributed by atoms with Crippen LogP contribution in [0.2, 0.25) is 0 Å². The molecule has 1 amide bonds. The monoisotopic (exact) mass is 381 g/mol. The van der Waals surface area contributed by atoms with E-state index in [1.807, 2.05) is 29.2 Å². The average Bonchev–Trinajstić information content (AvgIpc) is 3.40. The molecule has 0 aliphatic carbocycles. The molecular weight excluding hydrogens is 350 g/mol. The van der Waals surface area contributed by atoms with Gasteiger partial charge < -0.3 is 14.4 Å². The van der Waals surface area contributed by atoms with Gasteiger partial charge in [0.05, 0.1) is 0 Å². The van der Waals surface area contributed by atoms with Crippen LogP contribution in [-0.4, -0.2) is 30.7 Å². The Morgan fingerprint density at radius 3 is 2.50 bits per heavy atom. The minimum Gasteiger partial charge on any atom is -0.454 e. The van der Waals surface area contributed by atoms with Crippen LogP contribution in [0.5, 0.6) is 11.5 Å². The van der Waals surface area contributed by atoms with Crippen molar-refractivity contribution in [2.75, 3.05) is 19.9 Å². The molecule has 1 saturated heterocycles. The van der Waals surface area contributed by atoms with Gasteiger partial charge >= 0.3 is 0 Å². The molecule has 28 heavy (non-hydrogen) atoms. The van der Waals surface area contributed by atoms with Crippen LogP contribution in [0.15, 0.2) is 48.6 Å². The fraction of sp³-hybridized carbons (Fsp3) is 0.458. The van der Waals surface area contributed by atoms with E-state index < -0.39 is 0 Å². The van der Waals surface area contributed by atoms with Gasteiger partial charge in [-0.05, 0) is 56.2 Å². The Labute approximate surface area is 168 Å². The van der Waals surface area contributed by atoms with Gasteiger partial charge in [0.2, 0.25) is 12.7 Å². The number of carbonyl (C=O) groups is 1. The molecule has 1 fully saturated rings. The summed E-state index contributed by atoms with van der Waals surface area (Å²) in [5.74, 6) is 1.82. The van der Waals surface area contributed by atoms with E-state index in [1.165, 1.54) is 25.7 Å². The molecule has 1 aromatic rings. The molecule has 1 aromatic carbocycles. The Bertz CT molecular complexity index is 715. The molecule has 4 heteroatoms. The van der Waals surface area contributed by atoms with E-state index in [0.29, 0.717) is 6.79 Å². The number of fused-ring (bicyclic) bond motifs is 1. The van der Waals surface area contributed by atoms with E-state index in [1.54, 1.807) is 6.08 Å². The summed E-state index contributed by atoms with van der Waals surface area (Å²) in [5.41, 5.74) is 1.16. The van der Waals surface area contributed by atoms with Crippen LogP contribution >= 0.6 is 0 Å². The van der Waals surface area contributed by atoms with Crippen LogP contribution < -0.4 is 9.47 Å². The molecule has 0 bridgehead atoms. The van der Waals surface area contributed by atoms with Crippen molar-refractivity contribution in [2.24, 2.45) is 0 Å². The maximum Gasteiger partial charge on any atom is 0.246 e. The zero-order valence-electron chi connectivity index (χ0n) is 16.6. The van der Waals surface area contributed by atoms with Crippen molar-refractivity contribution in [3.63, 3.8) is 0 Å². The third-order valence-corrected chi connectivity index (χ3v) is 5.10. The summed E-state index contributed by atoms with van der Waals surface area (Å²) in [6.45, 7) is 2.16. The molecule has 0 N–H and O–H groups in total. The largest absolute Gasteiger partial charge is 0.454 e. The Hall–Kier alpha value is -2.49. The molecule has 2 heterocycles. The summed E-state index contributed by atoms with van der Waals surface area (Å²) in [4.78, 5) is 13.8. The van der Waals surface area contributed by atoms with E-state index >= 15 is 0 Å². The van der Waals surface area contributed by atoms with E-state index in [-0.39, 0.29) is 5.91 Å². The maximum atomic E-state index is 11.8. The third kappa shape index (κ3) is 6.59. The van der Waals surface area contributed by atoms with Crippen LogP contribution in [0.4, 0.5) is 0 Å². The van der Waals surface area contributed by atoms with E-state index in [2.05, 4.69) is 24.3 Å². The number of carbonyl (C=O) groups excluding carboxylic acids is 1. The molecule has 0 atom stereocenters. The second-order valence-electron chi connectivity index (χ2n) is 7.33. The molecule has 2 aliphatic rings. The number of ether oxygens (including phenoxy) is 2. The number of rotatable bonds is 10. The molecule has 4 nitrogen and oxygen atoms in total. The van der Waals surface area contributed by atoms with E-state index in [0.717, 1.165) is 55.8 Å². The molecule has 0 radical (unpaired) electrons. The molecular formula is C24H31NO3. The molecule has 0 aromatic heterocycles. The van der Waals surface area contributed by atoms with Crippen molar-refractivity contribution in [1.82, 2.24) is 4.90 Å². The topological polar surface area (TPSA) is 38.8 Å². The van der Waals surface area contributed by atoms with E-state index in [9.17, 15) is 4.79 Å². The first-order valence-electron chi connectivity index (χ1n) is 10.5. The van der Waals surface area contributed by atoms with Crippen molar-refractivity contribution >= 4 is 12.0 Å². The van der Waals surface area contributed by atoms with Gasteiger partial charge in [-0.2, -0.15) is 0 Å². The van der Waals surface area contributed by atoms with Gasteiger partial charge in [-0.25, -0.2) is 0 Å². The predicted octanol–water partition coefficient (Wildman–Crippen LogP) is 5.50. The van der Waals surface area contributed by atoms with Gasteiger partial charge in [-0.3, -0.25) is 4.79 Å². The normalized spacial score (nSPS) is 16.2. The summed E-state index contributed by atoms with van der Waals surface area (Å²) in [6.07, 6.45) is 21.5. The molecule has 3 rings (SSSR count). The lowest BCUT2D eigenvalue weighted by Gasteiger charge is -2.11. The first-order valence-corrected chi connectivity index (χ1v) is 10.5. The smallest absolute Gasteiger partial charge is 0.246 e. The predicted molar refractivity (Wildman–Crippen MR) is 113 cm³/mol. The van der Waals surface area contributed by atoms with Gasteiger partial charge in [0, 0.05) is 19.2 Å². The number of hydrogen-bond acceptors (Lipinski definition) is 3. The highest BCUT2D eigenvalue weighted by Crippen LogP contribution is 2.32. The first-order chi connectivity index (χ1) is 13.8. The van der Waals surface area contributed by atoms with Crippen molar-refractivity contribution in [3.05, 3.63) is 54.1 Å². The second-order valence-corrected chi connectivity index (χ2v) is 7.33. The van der Waals surface area contributed by atoms with Crippen LogP contribution in [0.1, 0.15) is 56.9 Å². The number of allylic oxidation sites excluding steroid dienone is 4. The van der Waals surface area contributed by atoms with Crippen LogP contribution in [-0.2, 0) is 4.79 Å². The molecule has 0 spiro atoms. The SMILES string of the molecule is O=C(/C=C/C=C/CCCCCC/C=C/c1ccc2c(c1)OCO2)N1CCCC1. The molecule has 150 valence electrons. The van der Waals surface area contributed by atoms with Gasteiger partial charge in [0.25, 0.3) is 0 Å². The highest BCUT2D eigenvalue weighted by atomic mass is 16.7. The standard InChI is InChI=1S/C24H31NO3/c26-24(25-17-11-12-18-25)14-10-8-6-4-2-1-3-5-7-9-13-21-15-16-22-23(19-21)28-20-27-22/h6,8-10,13-16,19H,1-5,7,11-12,17-18,20H2/b8-6+,13-9+,14-10+. The van der Waals surface area contributed by atoms with Crippen LogP contribution in [0.25, 0.3) is 6.08 Å². The Kier molecular flexibility index (Phi) is 8.23. The third-order valence-electron chi connectivity index (χ3n) is 5.10. The second kappa shape index (κ2) is 11.4. The summed E-state index contributed by atoms with van der Waals surface area (Å²) in [7, 11) is 0. The fourth-order valence-electron chi connectivity index (χ4n) is 3.47. The zero-order valence-corrected chi connectivity index (χ0v) is 16.6. The number of benzene rings is 1. The van der Waals surface area contributed by atoms with Crippen molar-refractivity contribution in [2.45, 2.75) is 51.4 Å². The number of likely N-dealkylation sites (tertiary alicyclic amines) is 1. The molecule has 0 unspecified atom stereocenters. The Balaban J connectivity index is 1.19. The highest BCUT2D eigenvalue weighted by molar-refractivity contribution is 5.88. The summed E-state index contributed by atoms with van der Waals surface area (Å²) in [5, 5.41) is 0. The Morgan fingerprint density at radius 1 is 0.929 bits per heavy atom. The minimum atomic E-state index is 0.149. The number of hydrogen-bond donors (Lipinski definition) is 0. The lowest BCUT2D eigenvalue weighted by Crippen LogP contribution is -2.25. The van der Waals surface area contributed by atoms with E-state index in [4.69, 9.17) is 9.47 Å².